The van der Waals surface area contributed by atoms with Crippen molar-refractivity contribution in [3.8, 4) is 0 Å². The number of nitrogens with zero attached hydrogens (tertiary/aromatic N) is 1. The summed E-state index contributed by atoms with van der Waals surface area (Å²) in [6, 6.07) is 12.7. The Labute approximate surface area is 139 Å². The van der Waals surface area contributed by atoms with Gasteiger partial charge in [0.25, 0.3) is 10.1 Å². The summed E-state index contributed by atoms with van der Waals surface area (Å²) in [5, 5.41) is 1.30. The molecule has 0 aliphatic rings. The predicted molar refractivity (Wildman–Crippen MR) is 92.5 cm³/mol. The molecule has 24 heavy (non-hydrogen) atoms. The fraction of sp³-hybridized carbons (Fsp3) is 0.176. The van der Waals surface area contributed by atoms with Gasteiger partial charge < -0.3 is 5.73 Å². The van der Waals surface area contributed by atoms with Crippen LogP contribution >= 0.6 is 0 Å². The van der Waals surface area contributed by atoms with Gasteiger partial charge in [0.1, 0.15) is 0 Å². The van der Waals surface area contributed by atoms with Crippen molar-refractivity contribution in [2.45, 2.75) is 12.8 Å². The Hall–Kier alpha value is -2.51. The zero-order chi connectivity index (χ0) is 17.3. The van der Waals surface area contributed by atoms with Crippen molar-refractivity contribution >= 4 is 37.8 Å². The Morgan fingerprint density at radius 2 is 1.79 bits per heavy atom. The molecule has 0 radical (unpaired) electrons. The third-order valence-corrected chi connectivity index (χ3v) is 4.69. The number of aryl methyl sites for hydroxylation is 1. The molecule has 0 unspecified atom stereocenters. The molecule has 0 aliphatic heterocycles. The molecule has 1 heterocycles. The van der Waals surface area contributed by atoms with Crippen LogP contribution < -0.4 is 5.73 Å². The number of primary amides is 1. The highest BCUT2D eigenvalue weighted by atomic mass is 32.2. The second-order valence-electron chi connectivity index (χ2n) is 5.57. The number of benzene rings is 2. The summed E-state index contributed by atoms with van der Waals surface area (Å²) in [6.07, 6.45) is 0.625. The Morgan fingerprint density at radius 1 is 1.08 bits per heavy atom. The third kappa shape index (κ3) is 3.22. The summed E-state index contributed by atoms with van der Waals surface area (Å²) in [5.41, 5.74) is 8.08. The van der Waals surface area contributed by atoms with Crippen LogP contribution in [0.3, 0.4) is 0 Å². The van der Waals surface area contributed by atoms with Crippen LogP contribution in [-0.2, 0) is 16.5 Å². The minimum atomic E-state index is -4.02. The van der Waals surface area contributed by atoms with Gasteiger partial charge in [0, 0.05) is 10.8 Å². The van der Waals surface area contributed by atoms with Crippen LogP contribution in [0.15, 0.2) is 42.5 Å². The molecule has 124 valence electrons. The first-order chi connectivity index (χ1) is 11.4. The molecule has 7 heteroatoms. The number of nitrogens with two attached hydrogens (primary N) is 1. The lowest BCUT2D eigenvalue weighted by molar-refractivity contribution is 0.100. The first kappa shape index (κ1) is 16.4. The maximum atomic E-state index is 12.1. The third-order valence-electron chi connectivity index (χ3n) is 3.89. The number of carbonyl (C=O) groups is 1. The van der Waals surface area contributed by atoms with Gasteiger partial charge >= 0.3 is 0 Å². The minimum absolute atomic E-state index is 0.239. The maximum absolute atomic E-state index is 12.1. The molecule has 0 saturated heterocycles. The molecule has 0 aliphatic carbocycles. The molecule has 1 amide bonds. The van der Waals surface area contributed by atoms with Crippen LogP contribution in [0.2, 0.25) is 0 Å². The zero-order valence-electron chi connectivity index (χ0n) is 12.8. The number of pyridine rings is 1. The van der Waals surface area contributed by atoms with E-state index in [0.717, 1.165) is 5.56 Å². The summed E-state index contributed by atoms with van der Waals surface area (Å²) in [5.74, 6) is -0.892. The van der Waals surface area contributed by atoms with E-state index in [-0.39, 0.29) is 12.2 Å². The van der Waals surface area contributed by atoms with Crippen LogP contribution in [0.1, 0.15) is 22.3 Å². The van der Waals surface area contributed by atoms with Crippen molar-refractivity contribution in [2.75, 3.05) is 5.75 Å². The van der Waals surface area contributed by atoms with Gasteiger partial charge in [-0.15, -0.1) is 0 Å². The maximum Gasteiger partial charge on any atom is 0.264 e. The van der Waals surface area contributed by atoms with Crippen molar-refractivity contribution in [3.05, 3.63) is 53.6 Å². The van der Waals surface area contributed by atoms with Crippen molar-refractivity contribution in [3.63, 3.8) is 0 Å². The number of hydrogen-bond donors (Lipinski definition) is 2. The first-order valence-electron chi connectivity index (χ1n) is 7.42. The topological polar surface area (TPSA) is 110 Å². The molecular formula is C17H16N2O4S. The normalized spacial score (nSPS) is 11.9. The van der Waals surface area contributed by atoms with Gasteiger partial charge in [-0.3, -0.25) is 9.35 Å². The van der Waals surface area contributed by atoms with Crippen molar-refractivity contribution in [1.82, 2.24) is 4.98 Å². The highest BCUT2D eigenvalue weighted by molar-refractivity contribution is 7.85. The second kappa shape index (κ2) is 6.18. The number of hydrogen-bond acceptors (Lipinski definition) is 4. The van der Waals surface area contributed by atoms with Crippen LogP contribution in [0, 0.1) is 0 Å². The van der Waals surface area contributed by atoms with Gasteiger partial charge in [-0.1, -0.05) is 30.3 Å². The zero-order valence-corrected chi connectivity index (χ0v) is 13.6. The standard InChI is InChI=1S/C17H16N2O4S/c18-17(20)16-12-7-1-2-8-13(12)19-14-9-3-5-11(15(14)16)6-4-10-24(21,22)23/h1-3,5,7-9H,4,6,10H2,(H2,18,20)(H,21,22,23). The molecule has 6 nitrogen and oxygen atoms in total. The molecule has 0 bridgehead atoms. The Bertz CT molecular complexity index is 1050. The van der Waals surface area contributed by atoms with Gasteiger partial charge in [0.2, 0.25) is 5.91 Å². The molecule has 0 fully saturated rings. The highest BCUT2D eigenvalue weighted by Crippen LogP contribution is 2.29. The molecule has 0 saturated carbocycles. The van der Waals surface area contributed by atoms with Crippen molar-refractivity contribution in [2.24, 2.45) is 5.73 Å². The highest BCUT2D eigenvalue weighted by Gasteiger charge is 2.16. The monoisotopic (exact) mass is 344 g/mol. The number of fused-ring (bicyclic) bond motifs is 2. The van der Waals surface area contributed by atoms with E-state index in [1.807, 2.05) is 24.3 Å². The summed E-state index contributed by atoms with van der Waals surface area (Å²) in [6.45, 7) is 0. The minimum Gasteiger partial charge on any atom is -0.366 e. The van der Waals surface area contributed by atoms with Gasteiger partial charge in [-0.2, -0.15) is 8.42 Å². The van der Waals surface area contributed by atoms with Crippen LogP contribution in [-0.4, -0.2) is 29.6 Å². The predicted octanol–water partition coefficient (Wildman–Crippen LogP) is 2.31. The van der Waals surface area contributed by atoms with E-state index in [1.165, 1.54) is 0 Å². The van der Waals surface area contributed by atoms with Gasteiger partial charge in [0.15, 0.2) is 0 Å². The van der Waals surface area contributed by atoms with E-state index in [4.69, 9.17) is 10.3 Å². The van der Waals surface area contributed by atoms with Crippen LogP contribution in [0.4, 0.5) is 0 Å². The molecule has 3 aromatic rings. The second-order valence-corrected chi connectivity index (χ2v) is 7.14. The van der Waals surface area contributed by atoms with E-state index in [9.17, 15) is 13.2 Å². The molecule has 0 spiro atoms. The molecule has 3 rings (SSSR count). The van der Waals surface area contributed by atoms with E-state index in [1.54, 1.807) is 18.2 Å². The summed E-state index contributed by atoms with van der Waals surface area (Å²) in [7, 11) is -4.02. The SMILES string of the molecule is NC(=O)c1c2ccccc2nc2cccc(CCCS(=O)(=O)O)c12. The van der Waals surface area contributed by atoms with Gasteiger partial charge in [0.05, 0.1) is 22.3 Å². The van der Waals surface area contributed by atoms with Crippen molar-refractivity contribution in [1.29, 1.82) is 0 Å². The van der Waals surface area contributed by atoms with E-state index >= 15 is 0 Å². The average Bonchev–Trinajstić information content (AvgIpc) is 2.51. The summed E-state index contributed by atoms with van der Waals surface area (Å²) < 4.78 is 30.7. The van der Waals surface area contributed by atoms with Crippen LogP contribution in [0.5, 0.6) is 0 Å². The lowest BCUT2D eigenvalue weighted by atomic mass is 9.96. The first-order valence-corrected chi connectivity index (χ1v) is 9.03. The number of rotatable bonds is 5. The summed E-state index contributed by atoms with van der Waals surface area (Å²) in [4.78, 5) is 16.6. The molecule has 0 atom stereocenters. The number of para-hydroxylation sites is 1. The van der Waals surface area contributed by atoms with Crippen molar-refractivity contribution < 1.29 is 17.8 Å². The van der Waals surface area contributed by atoms with E-state index in [2.05, 4.69) is 4.98 Å². The van der Waals surface area contributed by atoms with E-state index in [0.29, 0.717) is 33.8 Å². The van der Waals surface area contributed by atoms with Gasteiger partial charge in [-0.05, 0) is 30.5 Å². The molecule has 3 N–H and O–H groups in total. The number of aromatic nitrogens is 1. The molecular weight excluding hydrogens is 328 g/mol. The Kier molecular flexibility index (Phi) is 4.21. The lowest BCUT2D eigenvalue weighted by Gasteiger charge is -2.12. The lowest BCUT2D eigenvalue weighted by Crippen LogP contribution is -2.14. The molecule has 1 aromatic heterocycles. The fourth-order valence-electron chi connectivity index (χ4n) is 2.92. The average molecular weight is 344 g/mol. The largest absolute Gasteiger partial charge is 0.366 e. The smallest absolute Gasteiger partial charge is 0.264 e. The van der Waals surface area contributed by atoms with E-state index < -0.39 is 16.0 Å². The summed E-state index contributed by atoms with van der Waals surface area (Å²) >= 11 is 0. The Morgan fingerprint density at radius 3 is 2.50 bits per heavy atom. The Balaban J connectivity index is 2.20. The fourth-order valence-corrected chi connectivity index (χ4v) is 3.43. The number of carbonyl (C=O) groups excluding carboxylic acids is 1. The quantitative estimate of drug-likeness (QED) is 0.545. The van der Waals surface area contributed by atoms with Crippen LogP contribution in [0.25, 0.3) is 21.8 Å². The molecule has 2 aromatic carbocycles. The number of amides is 1. The van der Waals surface area contributed by atoms with Gasteiger partial charge in [-0.25, -0.2) is 4.98 Å².